The molecule has 1 heterocycles. The molecule has 23 heavy (non-hydrogen) atoms. The van der Waals surface area contributed by atoms with Gasteiger partial charge in [-0.3, -0.25) is 9.48 Å². The molecule has 1 aromatic carbocycles. The number of hydrogen-bond acceptors (Lipinski definition) is 4. The molecule has 2 N–H and O–H groups in total. The molecule has 2 rings (SSSR count). The zero-order valence-electron chi connectivity index (χ0n) is 13.7. The second kappa shape index (κ2) is 7.78. The van der Waals surface area contributed by atoms with Crippen molar-refractivity contribution in [3.63, 3.8) is 0 Å². The van der Waals surface area contributed by atoms with E-state index >= 15 is 0 Å². The van der Waals surface area contributed by atoms with Crippen molar-refractivity contribution in [2.24, 2.45) is 5.92 Å². The predicted octanol–water partition coefficient (Wildman–Crippen LogP) is 2.61. The third-order valence-electron chi connectivity index (χ3n) is 3.49. The molecule has 1 atom stereocenters. The second-order valence-corrected chi connectivity index (χ2v) is 5.81. The van der Waals surface area contributed by atoms with Gasteiger partial charge in [-0.15, -0.1) is 0 Å². The Morgan fingerprint density at radius 3 is 2.87 bits per heavy atom. The van der Waals surface area contributed by atoms with Crippen LogP contribution in [0.15, 0.2) is 36.5 Å². The normalized spacial score (nSPS) is 12.2. The van der Waals surface area contributed by atoms with Crippen molar-refractivity contribution in [2.75, 3.05) is 12.4 Å². The van der Waals surface area contributed by atoms with Gasteiger partial charge in [0.05, 0.1) is 7.11 Å². The van der Waals surface area contributed by atoms with Crippen LogP contribution in [0.25, 0.3) is 0 Å². The number of ether oxygens (including phenoxy) is 1. The van der Waals surface area contributed by atoms with Crippen molar-refractivity contribution in [1.82, 2.24) is 9.78 Å². The third kappa shape index (κ3) is 4.82. The number of amides is 1. The molecule has 0 aliphatic carbocycles. The highest BCUT2D eigenvalue weighted by molar-refractivity contribution is 5.93. The van der Waals surface area contributed by atoms with E-state index in [1.807, 2.05) is 6.20 Å². The van der Waals surface area contributed by atoms with E-state index in [4.69, 9.17) is 4.74 Å². The maximum absolute atomic E-state index is 12.1. The molecule has 6 nitrogen and oxygen atoms in total. The van der Waals surface area contributed by atoms with Gasteiger partial charge in [0, 0.05) is 18.8 Å². The summed E-state index contributed by atoms with van der Waals surface area (Å²) in [6.07, 6.45) is 1.56. The van der Waals surface area contributed by atoms with Crippen LogP contribution in [-0.4, -0.2) is 27.9 Å². The van der Waals surface area contributed by atoms with Crippen LogP contribution in [0.3, 0.4) is 0 Å². The zero-order chi connectivity index (χ0) is 16.8. The molecule has 1 amide bonds. The van der Waals surface area contributed by atoms with Gasteiger partial charge < -0.3 is 15.2 Å². The van der Waals surface area contributed by atoms with Crippen LogP contribution in [0.2, 0.25) is 0 Å². The summed E-state index contributed by atoms with van der Waals surface area (Å²) in [4.78, 5) is 12.1. The molecule has 0 aliphatic heterocycles. The molecular weight excluding hydrogens is 294 g/mol. The number of benzene rings is 1. The lowest BCUT2D eigenvalue weighted by Gasteiger charge is -2.11. The van der Waals surface area contributed by atoms with Crippen LogP contribution in [0.5, 0.6) is 5.75 Å². The van der Waals surface area contributed by atoms with Gasteiger partial charge in [-0.25, -0.2) is 0 Å². The van der Waals surface area contributed by atoms with Gasteiger partial charge in [0.2, 0.25) is 0 Å². The van der Waals surface area contributed by atoms with Crippen LogP contribution in [0, 0.1) is 5.92 Å². The van der Waals surface area contributed by atoms with Crippen molar-refractivity contribution in [2.45, 2.75) is 32.9 Å². The molecule has 1 aromatic heterocycles. The summed E-state index contributed by atoms with van der Waals surface area (Å²) in [5.74, 6) is 1.09. The van der Waals surface area contributed by atoms with Crippen molar-refractivity contribution >= 4 is 11.7 Å². The van der Waals surface area contributed by atoms with Gasteiger partial charge in [-0.2, -0.15) is 5.10 Å². The Morgan fingerprint density at radius 1 is 1.39 bits per heavy atom. The molecule has 0 bridgehead atoms. The van der Waals surface area contributed by atoms with Crippen molar-refractivity contribution in [3.8, 4) is 5.75 Å². The van der Waals surface area contributed by atoms with Crippen LogP contribution in [0.1, 0.15) is 31.9 Å². The van der Waals surface area contributed by atoms with E-state index in [1.165, 1.54) is 7.11 Å². The molecule has 0 spiro atoms. The minimum Gasteiger partial charge on any atom is -0.497 e. The minimum absolute atomic E-state index is 0.431. The van der Waals surface area contributed by atoms with Gasteiger partial charge in [-0.1, -0.05) is 26.0 Å². The Hall–Kier alpha value is -2.34. The number of aliphatic hydroxyl groups excluding tert-OH is 1. The molecule has 124 valence electrons. The van der Waals surface area contributed by atoms with Crippen molar-refractivity contribution < 1.29 is 14.6 Å². The largest absolute Gasteiger partial charge is 0.497 e. The molecule has 1 unspecified atom stereocenters. The fourth-order valence-electron chi connectivity index (χ4n) is 2.10. The van der Waals surface area contributed by atoms with Gasteiger partial charge in [0.1, 0.15) is 5.75 Å². The number of nitrogens with one attached hydrogen (secondary N) is 1. The number of carbonyl (C=O) groups is 1. The fourth-order valence-corrected chi connectivity index (χ4v) is 2.10. The van der Waals surface area contributed by atoms with Gasteiger partial charge in [0.15, 0.2) is 11.9 Å². The summed E-state index contributed by atoms with van der Waals surface area (Å²) in [6, 6.07) is 8.51. The number of aliphatic hydroxyl groups is 1. The summed E-state index contributed by atoms with van der Waals surface area (Å²) in [5, 5.41) is 17.1. The summed E-state index contributed by atoms with van der Waals surface area (Å²) in [6.45, 7) is 5.10. The lowest BCUT2D eigenvalue weighted by molar-refractivity contribution is -0.124. The standard InChI is InChI=1S/C17H23N3O3/c1-12(2)7-9-20-10-8-15(19-20)18-17(22)16(21)13-5-4-6-14(11-13)23-3/h4-6,8,10-12,16,21H,7,9H2,1-3H3,(H,18,19,22). The van der Waals surface area contributed by atoms with E-state index in [1.54, 1.807) is 35.0 Å². The molecule has 0 saturated heterocycles. The summed E-state index contributed by atoms with van der Waals surface area (Å²) in [7, 11) is 1.54. The fraction of sp³-hybridized carbons (Fsp3) is 0.412. The second-order valence-electron chi connectivity index (χ2n) is 5.81. The number of anilines is 1. The van der Waals surface area contributed by atoms with E-state index in [0.717, 1.165) is 13.0 Å². The van der Waals surface area contributed by atoms with Crippen LogP contribution in [0.4, 0.5) is 5.82 Å². The smallest absolute Gasteiger partial charge is 0.259 e. The highest BCUT2D eigenvalue weighted by atomic mass is 16.5. The maximum Gasteiger partial charge on any atom is 0.259 e. The average molecular weight is 317 g/mol. The highest BCUT2D eigenvalue weighted by Gasteiger charge is 2.18. The first-order valence-corrected chi connectivity index (χ1v) is 7.66. The summed E-state index contributed by atoms with van der Waals surface area (Å²) >= 11 is 0. The Balaban J connectivity index is 1.98. The van der Waals surface area contributed by atoms with Crippen molar-refractivity contribution in [1.29, 1.82) is 0 Å². The van der Waals surface area contributed by atoms with Gasteiger partial charge >= 0.3 is 0 Å². The Morgan fingerprint density at radius 2 is 2.17 bits per heavy atom. The third-order valence-corrected chi connectivity index (χ3v) is 3.49. The quantitative estimate of drug-likeness (QED) is 0.823. The molecule has 0 saturated carbocycles. The Labute approximate surface area is 136 Å². The molecule has 2 aromatic rings. The number of nitrogens with zero attached hydrogens (tertiary/aromatic N) is 2. The molecule has 6 heteroatoms. The highest BCUT2D eigenvalue weighted by Crippen LogP contribution is 2.20. The SMILES string of the molecule is COc1cccc(C(O)C(=O)Nc2ccn(CCC(C)C)n2)c1. The van der Waals surface area contributed by atoms with Gasteiger partial charge in [-0.05, 0) is 30.0 Å². The molecular formula is C17H23N3O3. The topological polar surface area (TPSA) is 76.4 Å². The van der Waals surface area contributed by atoms with Crippen LogP contribution in [-0.2, 0) is 11.3 Å². The lowest BCUT2D eigenvalue weighted by Crippen LogP contribution is -2.21. The van der Waals surface area contributed by atoms with Crippen LogP contribution < -0.4 is 10.1 Å². The van der Waals surface area contributed by atoms with E-state index < -0.39 is 12.0 Å². The zero-order valence-corrected chi connectivity index (χ0v) is 13.7. The van der Waals surface area contributed by atoms with Crippen molar-refractivity contribution in [3.05, 3.63) is 42.1 Å². The molecule has 0 fully saturated rings. The first-order chi connectivity index (χ1) is 11.0. The average Bonchev–Trinajstić information content (AvgIpc) is 2.99. The summed E-state index contributed by atoms with van der Waals surface area (Å²) in [5.41, 5.74) is 0.473. The summed E-state index contributed by atoms with van der Waals surface area (Å²) < 4.78 is 6.88. The number of carbonyl (C=O) groups excluding carboxylic acids is 1. The van der Waals surface area contributed by atoms with E-state index in [2.05, 4.69) is 24.3 Å². The first-order valence-electron chi connectivity index (χ1n) is 7.66. The number of aryl methyl sites for hydroxylation is 1. The Bertz CT molecular complexity index is 652. The van der Waals surface area contributed by atoms with E-state index in [-0.39, 0.29) is 0 Å². The number of hydrogen-bond donors (Lipinski definition) is 2. The maximum atomic E-state index is 12.1. The monoisotopic (exact) mass is 317 g/mol. The lowest BCUT2D eigenvalue weighted by atomic mass is 10.1. The molecule has 0 radical (unpaired) electrons. The number of methoxy groups -OCH3 is 1. The number of rotatable bonds is 7. The number of aromatic nitrogens is 2. The first kappa shape index (κ1) is 17.0. The van der Waals surface area contributed by atoms with Crippen LogP contribution >= 0.6 is 0 Å². The van der Waals surface area contributed by atoms with Gasteiger partial charge in [0.25, 0.3) is 5.91 Å². The van der Waals surface area contributed by atoms with E-state index in [9.17, 15) is 9.90 Å². The predicted molar refractivity (Wildman–Crippen MR) is 88.3 cm³/mol. The Kier molecular flexibility index (Phi) is 5.76. The van der Waals surface area contributed by atoms with E-state index in [0.29, 0.717) is 23.0 Å². The minimum atomic E-state index is -1.27. The molecule has 0 aliphatic rings.